The maximum atomic E-state index is 12.0. The number of benzene rings is 1. The summed E-state index contributed by atoms with van der Waals surface area (Å²) >= 11 is 3.16. The quantitative estimate of drug-likeness (QED) is 0.798. The average molecular weight is 337 g/mol. The van der Waals surface area contributed by atoms with E-state index in [2.05, 4.69) is 26.2 Å². The van der Waals surface area contributed by atoms with E-state index >= 15 is 0 Å². The van der Waals surface area contributed by atoms with E-state index in [0.717, 1.165) is 6.07 Å². The maximum absolute atomic E-state index is 12.0. The fourth-order valence-corrected chi connectivity index (χ4v) is 1.94. The largest absolute Gasteiger partial charge is 0.478 e. The molecule has 102 valence electrons. The number of carbonyl (C=O) groups is 2. The number of aromatic carboxylic acids is 1. The Hall–Kier alpha value is -2.41. The third-order valence-electron chi connectivity index (χ3n) is 2.50. The predicted octanol–water partition coefficient (Wildman–Crippen LogP) is 2.09. The van der Waals surface area contributed by atoms with Gasteiger partial charge >= 0.3 is 5.97 Å². The molecule has 2 rings (SSSR count). The van der Waals surface area contributed by atoms with Crippen molar-refractivity contribution in [1.29, 1.82) is 0 Å². The van der Waals surface area contributed by atoms with E-state index in [1.54, 1.807) is 6.07 Å². The molecular weight excluding hydrogens is 328 g/mol. The van der Waals surface area contributed by atoms with Crippen molar-refractivity contribution in [2.45, 2.75) is 0 Å². The Bertz CT molecular complexity index is 739. The molecule has 0 aliphatic rings. The van der Waals surface area contributed by atoms with Crippen molar-refractivity contribution in [3.05, 3.63) is 62.5 Å². The lowest BCUT2D eigenvalue weighted by molar-refractivity contribution is 0.0698. The summed E-state index contributed by atoms with van der Waals surface area (Å²) in [6.07, 6.45) is 1.34. The Morgan fingerprint density at radius 1 is 1.20 bits per heavy atom. The van der Waals surface area contributed by atoms with Crippen molar-refractivity contribution in [1.82, 2.24) is 4.98 Å². The summed E-state index contributed by atoms with van der Waals surface area (Å²) in [4.78, 5) is 36.6. The zero-order chi connectivity index (χ0) is 14.7. The standard InChI is InChI=1S/C13H9BrN2O4/c14-8-1-2-10(9(6-8)13(19)20)16-12(18)7-3-4-15-11(17)5-7/h1-6H,(H,15,17)(H,16,18)(H,19,20). The number of nitrogens with one attached hydrogen (secondary N) is 2. The van der Waals surface area contributed by atoms with Crippen LogP contribution in [0.4, 0.5) is 5.69 Å². The molecule has 0 radical (unpaired) electrons. The van der Waals surface area contributed by atoms with Crippen molar-refractivity contribution in [2.75, 3.05) is 5.32 Å². The second-order valence-corrected chi connectivity index (χ2v) is 4.81. The van der Waals surface area contributed by atoms with Crippen molar-refractivity contribution in [2.24, 2.45) is 0 Å². The van der Waals surface area contributed by atoms with Crippen LogP contribution in [0, 0.1) is 0 Å². The normalized spacial score (nSPS) is 10.1. The smallest absolute Gasteiger partial charge is 0.337 e. The molecule has 0 fully saturated rings. The fourth-order valence-electron chi connectivity index (χ4n) is 1.58. The molecule has 6 nitrogen and oxygen atoms in total. The third kappa shape index (κ3) is 3.12. The molecule has 2 aromatic rings. The maximum Gasteiger partial charge on any atom is 0.337 e. The van der Waals surface area contributed by atoms with Crippen LogP contribution in [-0.2, 0) is 0 Å². The Morgan fingerprint density at radius 2 is 1.95 bits per heavy atom. The molecule has 0 spiro atoms. The van der Waals surface area contributed by atoms with Gasteiger partial charge in [-0.2, -0.15) is 0 Å². The van der Waals surface area contributed by atoms with E-state index in [1.165, 1.54) is 24.4 Å². The number of anilines is 1. The molecular formula is C13H9BrN2O4. The first kappa shape index (κ1) is 14.0. The van der Waals surface area contributed by atoms with E-state index < -0.39 is 17.4 Å². The highest BCUT2D eigenvalue weighted by molar-refractivity contribution is 9.10. The minimum Gasteiger partial charge on any atom is -0.478 e. The van der Waals surface area contributed by atoms with Gasteiger partial charge in [0.1, 0.15) is 0 Å². The highest BCUT2D eigenvalue weighted by atomic mass is 79.9. The minimum absolute atomic E-state index is 0.0439. The van der Waals surface area contributed by atoms with E-state index in [4.69, 9.17) is 5.11 Å². The molecule has 0 bridgehead atoms. The van der Waals surface area contributed by atoms with Gasteiger partial charge in [0, 0.05) is 22.3 Å². The first-order valence-corrected chi connectivity index (χ1v) is 6.29. The van der Waals surface area contributed by atoms with Gasteiger partial charge in [-0.1, -0.05) is 15.9 Å². The Kier molecular flexibility index (Phi) is 3.99. The number of carbonyl (C=O) groups excluding carboxylic acids is 1. The van der Waals surface area contributed by atoms with Gasteiger partial charge in [0.25, 0.3) is 5.91 Å². The zero-order valence-corrected chi connectivity index (χ0v) is 11.6. The Balaban J connectivity index is 2.33. The van der Waals surface area contributed by atoms with Gasteiger partial charge in [-0.3, -0.25) is 9.59 Å². The summed E-state index contributed by atoms with van der Waals surface area (Å²) in [7, 11) is 0. The first-order valence-electron chi connectivity index (χ1n) is 5.50. The molecule has 7 heteroatoms. The van der Waals surface area contributed by atoms with E-state index in [9.17, 15) is 14.4 Å². The molecule has 0 atom stereocenters. The lowest BCUT2D eigenvalue weighted by Gasteiger charge is -2.08. The van der Waals surface area contributed by atoms with Crippen LogP contribution in [-0.4, -0.2) is 22.0 Å². The molecule has 20 heavy (non-hydrogen) atoms. The van der Waals surface area contributed by atoms with E-state index in [-0.39, 0.29) is 16.8 Å². The molecule has 1 aromatic carbocycles. The summed E-state index contributed by atoms with van der Waals surface area (Å²) in [5.41, 5.74) is -0.150. The van der Waals surface area contributed by atoms with Gasteiger partial charge < -0.3 is 15.4 Å². The molecule has 0 unspecified atom stereocenters. The Morgan fingerprint density at radius 3 is 2.60 bits per heavy atom. The number of aromatic amines is 1. The van der Waals surface area contributed by atoms with Crippen molar-refractivity contribution in [3.63, 3.8) is 0 Å². The number of rotatable bonds is 3. The molecule has 1 amide bonds. The molecule has 1 aromatic heterocycles. The number of carboxylic acids is 1. The number of hydrogen-bond acceptors (Lipinski definition) is 3. The second-order valence-electron chi connectivity index (χ2n) is 3.89. The molecule has 0 aliphatic heterocycles. The van der Waals surface area contributed by atoms with Gasteiger partial charge in [0.05, 0.1) is 11.3 Å². The van der Waals surface area contributed by atoms with Gasteiger partial charge in [0.2, 0.25) is 5.56 Å². The summed E-state index contributed by atoms with van der Waals surface area (Å²) in [5.74, 6) is -1.71. The Labute approximate surface area is 121 Å². The molecule has 1 heterocycles. The number of H-pyrrole nitrogens is 1. The monoisotopic (exact) mass is 336 g/mol. The van der Waals surface area contributed by atoms with Crippen LogP contribution in [0.2, 0.25) is 0 Å². The van der Waals surface area contributed by atoms with Gasteiger partial charge in [-0.05, 0) is 24.3 Å². The topological polar surface area (TPSA) is 99.3 Å². The SMILES string of the molecule is O=C(Nc1ccc(Br)cc1C(=O)O)c1cc[nH]c(=O)c1. The van der Waals surface area contributed by atoms with Crippen LogP contribution >= 0.6 is 15.9 Å². The van der Waals surface area contributed by atoms with Crippen molar-refractivity contribution in [3.8, 4) is 0 Å². The fraction of sp³-hybridized carbons (Fsp3) is 0. The molecule has 0 saturated carbocycles. The number of aromatic nitrogens is 1. The van der Waals surface area contributed by atoms with E-state index in [0.29, 0.717) is 4.47 Å². The molecule has 0 saturated heterocycles. The van der Waals surface area contributed by atoms with Crippen LogP contribution in [0.25, 0.3) is 0 Å². The van der Waals surface area contributed by atoms with E-state index in [1.807, 2.05) is 0 Å². The highest BCUT2D eigenvalue weighted by Crippen LogP contribution is 2.21. The van der Waals surface area contributed by atoms with Crippen LogP contribution in [0.1, 0.15) is 20.7 Å². The second kappa shape index (κ2) is 5.70. The number of halogens is 1. The minimum atomic E-state index is -1.16. The van der Waals surface area contributed by atoms with Crippen LogP contribution in [0.15, 0.2) is 45.8 Å². The number of hydrogen-bond donors (Lipinski definition) is 3. The van der Waals surface area contributed by atoms with Crippen molar-refractivity contribution >= 4 is 33.5 Å². The van der Waals surface area contributed by atoms with Gasteiger partial charge in [-0.25, -0.2) is 4.79 Å². The summed E-state index contributed by atoms with van der Waals surface area (Å²) < 4.78 is 0.587. The highest BCUT2D eigenvalue weighted by Gasteiger charge is 2.14. The number of amides is 1. The van der Waals surface area contributed by atoms with Crippen LogP contribution in [0.3, 0.4) is 0 Å². The van der Waals surface area contributed by atoms with Crippen molar-refractivity contribution < 1.29 is 14.7 Å². The third-order valence-corrected chi connectivity index (χ3v) is 2.99. The van der Waals surface area contributed by atoms with Gasteiger partial charge in [-0.15, -0.1) is 0 Å². The lowest BCUT2D eigenvalue weighted by Crippen LogP contribution is -2.17. The summed E-state index contributed by atoms with van der Waals surface area (Å²) in [6, 6.07) is 7.03. The molecule has 0 aliphatic carbocycles. The molecule has 3 N–H and O–H groups in total. The average Bonchev–Trinajstić information content (AvgIpc) is 2.40. The van der Waals surface area contributed by atoms with Crippen LogP contribution in [0.5, 0.6) is 0 Å². The predicted molar refractivity (Wildman–Crippen MR) is 76.1 cm³/mol. The number of pyridine rings is 1. The summed E-state index contributed by atoms with van der Waals surface area (Å²) in [5, 5.41) is 11.6. The zero-order valence-electron chi connectivity index (χ0n) is 10.0. The first-order chi connectivity index (χ1) is 9.47. The summed E-state index contributed by atoms with van der Waals surface area (Å²) in [6.45, 7) is 0. The van der Waals surface area contributed by atoms with Gasteiger partial charge in [0.15, 0.2) is 0 Å². The number of carboxylic acid groups (broad SMARTS) is 1. The lowest BCUT2D eigenvalue weighted by atomic mass is 10.1. The van der Waals surface area contributed by atoms with Crippen LogP contribution < -0.4 is 10.9 Å².